The average Bonchev–Trinajstić information content (AvgIpc) is 2.91. The van der Waals surface area contributed by atoms with Crippen LogP contribution in [-0.2, 0) is 14.0 Å². The average molecular weight is 372 g/mol. The molecule has 142 valence electrons. The van der Waals surface area contributed by atoms with Gasteiger partial charge < -0.3 is 9.16 Å². The number of aromatic amines is 1. The van der Waals surface area contributed by atoms with Crippen LogP contribution in [-0.4, -0.2) is 36.7 Å². The van der Waals surface area contributed by atoms with Crippen LogP contribution in [0.2, 0.25) is 18.1 Å². The third-order valence-corrected chi connectivity index (χ3v) is 9.73. The first kappa shape index (κ1) is 20.1. The molecule has 2 rings (SSSR count). The van der Waals surface area contributed by atoms with E-state index in [0.717, 1.165) is 0 Å². The van der Waals surface area contributed by atoms with Gasteiger partial charge in [-0.2, -0.15) is 0 Å². The number of nitrogens with one attached hydrogen (secondary N) is 1. The lowest BCUT2D eigenvalue weighted by Crippen LogP contribution is -2.44. The molecule has 3 atom stereocenters. The highest BCUT2D eigenvalue weighted by Gasteiger charge is 2.42. The Bertz CT molecular complexity index is 722. The number of ether oxygens (including phenoxy) is 1. The molecule has 3 N–H and O–H groups in total. The molecule has 0 spiro atoms. The molecular formula is C16H29N3O5Si. The Kier molecular flexibility index (Phi) is 5.74. The fraction of sp³-hybridized carbons (Fsp3) is 0.750. The van der Waals surface area contributed by atoms with Gasteiger partial charge in [0.1, 0.15) is 18.4 Å². The molecule has 0 saturated carbocycles. The molecular weight excluding hydrogens is 342 g/mol. The zero-order valence-corrected chi connectivity index (χ0v) is 16.8. The lowest BCUT2D eigenvalue weighted by atomic mass is 10.2. The lowest BCUT2D eigenvalue weighted by Gasteiger charge is -2.37. The van der Waals surface area contributed by atoms with Crippen molar-refractivity contribution < 1.29 is 14.0 Å². The van der Waals surface area contributed by atoms with E-state index in [-0.39, 0.29) is 17.2 Å². The van der Waals surface area contributed by atoms with Crippen LogP contribution in [0, 0.1) is 6.92 Å². The van der Waals surface area contributed by atoms with E-state index in [4.69, 9.17) is 19.9 Å². The van der Waals surface area contributed by atoms with E-state index in [1.165, 1.54) is 10.8 Å². The van der Waals surface area contributed by atoms with Gasteiger partial charge in [-0.05, 0) is 25.1 Å². The summed E-state index contributed by atoms with van der Waals surface area (Å²) in [6.07, 6.45) is 0.603. The Balaban J connectivity index is 2.14. The second-order valence-corrected chi connectivity index (χ2v) is 12.9. The van der Waals surface area contributed by atoms with E-state index in [2.05, 4.69) is 38.8 Å². The summed E-state index contributed by atoms with van der Waals surface area (Å²) in [4.78, 5) is 30.9. The smallest absolute Gasteiger partial charge is 0.330 e. The van der Waals surface area contributed by atoms with E-state index in [9.17, 15) is 9.59 Å². The predicted molar refractivity (Wildman–Crippen MR) is 96.8 cm³/mol. The molecule has 0 aliphatic carbocycles. The highest BCUT2D eigenvalue weighted by Crippen LogP contribution is 2.38. The summed E-state index contributed by atoms with van der Waals surface area (Å²) < 4.78 is 13.5. The van der Waals surface area contributed by atoms with Crippen LogP contribution in [0.15, 0.2) is 15.8 Å². The van der Waals surface area contributed by atoms with E-state index in [0.29, 0.717) is 18.6 Å². The van der Waals surface area contributed by atoms with Crippen LogP contribution in [0.5, 0.6) is 0 Å². The second-order valence-electron chi connectivity index (χ2n) is 8.09. The maximum atomic E-state index is 12.1. The van der Waals surface area contributed by atoms with Crippen LogP contribution in [0.4, 0.5) is 0 Å². The molecule has 1 aromatic heterocycles. The first-order valence-electron chi connectivity index (χ1n) is 8.43. The van der Waals surface area contributed by atoms with Crippen molar-refractivity contribution in [3.05, 3.63) is 32.6 Å². The lowest BCUT2D eigenvalue weighted by molar-refractivity contribution is -0.0605. The fourth-order valence-electron chi connectivity index (χ4n) is 2.47. The molecule has 1 aromatic rings. The zero-order valence-electron chi connectivity index (χ0n) is 15.8. The molecule has 0 aromatic carbocycles. The summed E-state index contributed by atoms with van der Waals surface area (Å²) in [6.45, 7) is 12.8. The van der Waals surface area contributed by atoms with Gasteiger partial charge in [-0.15, -0.1) is 0 Å². The molecule has 1 aliphatic rings. The number of H-pyrrole nitrogens is 1. The summed E-state index contributed by atoms with van der Waals surface area (Å²) in [6, 6.07) is 0. The quantitative estimate of drug-likeness (QED) is 0.598. The summed E-state index contributed by atoms with van der Waals surface area (Å²) in [7, 11) is -1.94. The summed E-state index contributed by atoms with van der Waals surface area (Å²) in [5.74, 6) is 5.41. The van der Waals surface area contributed by atoms with Gasteiger partial charge in [0, 0.05) is 18.2 Å². The van der Waals surface area contributed by atoms with Crippen LogP contribution in [0.25, 0.3) is 0 Å². The summed E-state index contributed by atoms with van der Waals surface area (Å²) >= 11 is 0. The van der Waals surface area contributed by atoms with Crippen LogP contribution in [0.3, 0.4) is 0 Å². The Hall–Kier alpha value is -1.26. The van der Waals surface area contributed by atoms with Crippen molar-refractivity contribution >= 4 is 8.32 Å². The minimum Gasteiger partial charge on any atom is -0.414 e. The molecule has 9 heteroatoms. The van der Waals surface area contributed by atoms with Crippen LogP contribution in [0.1, 0.15) is 39.0 Å². The number of hydrogen-bond acceptors (Lipinski definition) is 6. The van der Waals surface area contributed by atoms with Crippen LogP contribution >= 0.6 is 0 Å². The Morgan fingerprint density at radius 2 is 2.04 bits per heavy atom. The largest absolute Gasteiger partial charge is 0.414 e. The Morgan fingerprint density at radius 1 is 1.40 bits per heavy atom. The number of nitrogens with two attached hydrogens (primary N) is 1. The number of nitrogens with zero attached hydrogens (tertiary/aromatic N) is 1. The SMILES string of the molecule is Cc1cn([C@H]2CC(ON)[C@@H](CO[Si](C)(C)C(C)(C)C)O2)c(=O)[nH]c1=O. The number of rotatable bonds is 5. The second kappa shape index (κ2) is 7.16. The van der Waals surface area contributed by atoms with Gasteiger partial charge in [-0.1, -0.05) is 20.8 Å². The van der Waals surface area contributed by atoms with Gasteiger partial charge in [0.2, 0.25) is 0 Å². The van der Waals surface area contributed by atoms with Crippen molar-refractivity contribution in [2.24, 2.45) is 5.90 Å². The van der Waals surface area contributed by atoms with Crippen molar-refractivity contribution in [1.82, 2.24) is 9.55 Å². The summed E-state index contributed by atoms with van der Waals surface area (Å²) in [5.41, 5.74) is -0.472. The molecule has 0 radical (unpaired) electrons. The van der Waals surface area contributed by atoms with Crippen molar-refractivity contribution in [2.75, 3.05) is 6.61 Å². The molecule has 0 bridgehead atoms. The number of aryl methyl sites for hydroxylation is 1. The fourth-order valence-corrected chi connectivity index (χ4v) is 3.49. The Labute approximate surface area is 148 Å². The van der Waals surface area contributed by atoms with Crippen molar-refractivity contribution in [2.45, 2.75) is 70.7 Å². The normalized spacial score (nSPS) is 24.7. The molecule has 1 aliphatic heterocycles. The standard InChI is InChI=1S/C16H29N3O5Si/c1-10-8-19(15(21)18-14(10)20)13-7-11(24-17)12(23-13)9-22-25(5,6)16(2,3)4/h8,11-13H,7,9,17H2,1-6H3,(H,18,20,21)/t11?,12-,13-/m1/s1. The van der Waals surface area contributed by atoms with Gasteiger partial charge in [0.15, 0.2) is 8.32 Å². The molecule has 25 heavy (non-hydrogen) atoms. The van der Waals surface area contributed by atoms with Gasteiger partial charge in [-0.25, -0.2) is 10.7 Å². The van der Waals surface area contributed by atoms with Crippen LogP contribution < -0.4 is 17.1 Å². The molecule has 0 amide bonds. The molecule has 1 saturated heterocycles. The predicted octanol–water partition coefficient (Wildman–Crippen LogP) is 1.41. The Morgan fingerprint density at radius 3 is 2.60 bits per heavy atom. The maximum absolute atomic E-state index is 12.1. The highest BCUT2D eigenvalue weighted by molar-refractivity contribution is 6.74. The topological polar surface area (TPSA) is 109 Å². The minimum atomic E-state index is -1.94. The highest BCUT2D eigenvalue weighted by atomic mass is 28.4. The van der Waals surface area contributed by atoms with Crippen molar-refractivity contribution in [1.29, 1.82) is 0 Å². The van der Waals surface area contributed by atoms with Gasteiger partial charge in [0.05, 0.1) is 6.61 Å². The molecule has 1 unspecified atom stereocenters. The zero-order chi connectivity index (χ0) is 19.0. The van der Waals surface area contributed by atoms with E-state index in [1.807, 2.05) is 0 Å². The first-order chi connectivity index (χ1) is 11.5. The molecule has 1 fully saturated rings. The van der Waals surface area contributed by atoms with E-state index >= 15 is 0 Å². The van der Waals surface area contributed by atoms with Crippen molar-refractivity contribution in [3.63, 3.8) is 0 Å². The number of aromatic nitrogens is 2. The third kappa shape index (κ3) is 4.29. The molecule has 2 heterocycles. The van der Waals surface area contributed by atoms with Gasteiger partial charge in [-0.3, -0.25) is 19.2 Å². The summed E-state index contributed by atoms with van der Waals surface area (Å²) in [5, 5.41) is 0.0804. The minimum absolute atomic E-state index is 0.0804. The van der Waals surface area contributed by atoms with E-state index < -0.39 is 25.8 Å². The van der Waals surface area contributed by atoms with Gasteiger partial charge >= 0.3 is 5.69 Å². The molecule has 8 nitrogen and oxygen atoms in total. The monoisotopic (exact) mass is 371 g/mol. The van der Waals surface area contributed by atoms with Crippen molar-refractivity contribution in [3.8, 4) is 0 Å². The first-order valence-corrected chi connectivity index (χ1v) is 11.3. The number of hydrogen-bond donors (Lipinski definition) is 2. The van der Waals surface area contributed by atoms with E-state index in [1.54, 1.807) is 6.92 Å². The maximum Gasteiger partial charge on any atom is 0.330 e. The van der Waals surface area contributed by atoms with Gasteiger partial charge in [0.25, 0.3) is 5.56 Å². The third-order valence-electron chi connectivity index (χ3n) is 5.23.